The van der Waals surface area contributed by atoms with E-state index >= 15 is 0 Å². The Morgan fingerprint density at radius 2 is 1.93 bits per heavy atom. The van der Waals surface area contributed by atoms with E-state index in [1.54, 1.807) is 6.92 Å². The van der Waals surface area contributed by atoms with Crippen LogP contribution >= 0.6 is 23.2 Å². The Morgan fingerprint density at radius 1 is 1.29 bits per heavy atom. The number of pyridine rings is 1. The molecule has 3 rings (SSSR count). The first kappa shape index (κ1) is 21.7. The van der Waals surface area contributed by atoms with Crippen LogP contribution in [-0.2, 0) is 10.0 Å². The van der Waals surface area contributed by atoms with E-state index in [0.717, 1.165) is 6.08 Å². The summed E-state index contributed by atoms with van der Waals surface area (Å²) >= 11 is 11.9. The van der Waals surface area contributed by atoms with Crippen LogP contribution in [0.3, 0.4) is 0 Å². The molecule has 2 N–H and O–H groups in total. The lowest BCUT2D eigenvalue weighted by molar-refractivity contribution is 0.0163. The number of aromatic nitrogens is 1. The lowest BCUT2D eigenvalue weighted by Gasteiger charge is -2.36. The minimum Gasteiger partial charge on any atom is -0.390 e. The quantitative estimate of drug-likeness (QED) is 0.714. The standard InChI is InChI=1S/C19H23Cl2FN2O3S/c1-18(25)6-3-13(4-7-18)24-28(26,27)19(2)8-5-14(16(22)10-19)17-15(21)9-12(20)11-23-17/h5,9-11,13,24-25H,3-4,6-8H2,1-2H3. The fourth-order valence-electron chi connectivity index (χ4n) is 3.53. The summed E-state index contributed by atoms with van der Waals surface area (Å²) in [5, 5.41) is 10.6. The number of hydrogen-bond acceptors (Lipinski definition) is 4. The maximum absolute atomic E-state index is 14.9. The highest BCUT2D eigenvalue weighted by Crippen LogP contribution is 2.39. The molecular weight excluding hydrogens is 426 g/mol. The van der Waals surface area contributed by atoms with Gasteiger partial charge in [0, 0.05) is 17.8 Å². The first-order valence-electron chi connectivity index (χ1n) is 9.07. The predicted octanol–water partition coefficient (Wildman–Crippen LogP) is 4.40. The molecule has 1 aromatic rings. The van der Waals surface area contributed by atoms with Gasteiger partial charge in [-0.25, -0.2) is 17.5 Å². The molecular formula is C19H23Cl2FN2O3S. The average Bonchev–Trinajstić information content (AvgIpc) is 2.58. The van der Waals surface area contributed by atoms with Gasteiger partial charge in [-0.15, -0.1) is 0 Å². The molecule has 5 nitrogen and oxygen atoms in total. The minimum absolute atomic E-state index is 0.0795. The van der Waals surface area contributed by atoms with Crippen molar-refractivity contribution in [2.75, 3.05) is 0 Å². The second-order valence-corrected chi connectivity index (χ2v) is 11.0. The lowest BCUT2D eigenvalue weighted by Crippen LogP contribution is -2.49. The molecule has 0 aliphatic heterocycles. The number of sulfonamides is 1. The molecule has 1 unspecified atom stereocenters. The Balaban J connectivity index is 1.79. The van der Waals surface area contributed by atoms with Gasteiger partial charge in [0.15, 0.2) is 0 Å². The largest absolute Gasteiger partial charge is 0.390 e. The Bertz CT molecular complexity index is 936. The van der Waals surface area contributed by atoms with Gasteiger partial charge in [-0.1, -0.05) is 29.3 Å². The summed E-state index contributed by atoms with van der Waals surface area (Å²) < 4.78 is 42.1. The third kappa shape index (κ3) is 4.44. The van der Waals surface area contributed by atoms with Crippen molar-refractivity contribution in [3.63, 3.8) is 0 Å². The molecule has 2 aliphatic carbocycles. The molecule has 154 valence electrons. The van der Waals surface area contributed by atoms with Crippen LogP contribution in [0.1, 0.15) is 51.6 Å². The number of rotatable bonds is 4. The summed E-state index contributed by atoms with van der Waals surface area (Å²) in [6.07, 6.45) is 6.17. The molecule has 9 heteroatoms. The minimum atomic E-state index is -3.84. The SMILES string of the molecule is CC1(O)CCC(NS(=O)(=O)C2(C)C=C(F)C(c3ncc(Cl)cc3Cl)=CC2)CC1. The number of hydrogen-bond donors (Lipinski definition) is 2. The zero-order valence-corrected chi connectivity index (χ0v) is 18.0. The fraction of sp³-hybridized carbons (Fsp3) is 0.526. The van der Waals surface area contributed by atoms with Gasteiger partial charge in [0.25, 0.3) is 0 Å². The van der Waals surface area contributed by atoms with Crippen LogP contribution < -0.4 is 4.72 Å². The van der Waals surface area contributed by atoms with E-state index in [4.69, 9.17) is 23.2 Å². The Morgan fingerprint density at radius 3 is 2.50 bits per heavy atom. The van der Waals surface area contributed by atoms with Gasteiger partial charge in [0.2, 0.25) is 10.0 Å². The summed E-state index contributed by atoms with van der Waals surface area (Å²) in [7, 11) is -3.84. The molecule has 2 aliphatic rings. The zero-order valence-electron chi connectivity index (χ0n) is 15.7. The summed E-state index contributed by atoms with van der Waals surface area (Å²) in [6, 6.07) is 1.19. The van der Waals surface area contributed by atoms with Crippen molar-refractivity contribution in [2.45, 2.75) is 62.3 Å². The normalized spacial score (nSPS) is 31.3. The number of aliphatic hydroxyl groups is 1. The average molecular weight is 449 g/mol. The maximum Gasteiger partial charge on any atom is 0.221 e. The van der Waals surface area contributed by atoms with Crippen LogP contribution in [0.2, 0.25) is 10.0 Å². The van der Waals surface area contributed by atoms with Gasteiger partial charge in [0.05, 0.1) is 21.3 Å². The van der Waals surface area contributed by atoms with Crippen molar-refractivity contribution in [3.8, 4) is 0 Å². The highest BCUT2D eigenvalue weighted by molar-refractivity contribution is 7.91. The first-order valence-corrected chi connectivity index (χ1v) is 11.3. The molecule has 1 aromatic heterocycles. The second kappa shape index (κ2) is 7.69. The van der Waals surface area contributed by atoms with E-state index in [2.05, 4.69) is 9.71 Å². The molecule has 1 fully saturated rings. The molecule has 0 amide bonds. The van der Waals surface area contributed by atoms with Crippen LogP contribution in [-0.4, -0.2) is 34.9 Å². The van der Waals surface area contributed by atoms with Crippen molar-refractivity contribution in [3.05, 3.63) is 46.0 Å². The molecule has 1 saturated carbocycles. The van der Waals surface area contributed by atoms with Crippen LogP contribution in [0.25, 0.3) is 5.57 Å². The van der Waals surface area contributed by atoms with Crippen molar-refractivity contribution in [2.24, 2.45) is 0 Å². The van der Waals surface area contributed by atoms with Crippen molar-refractivity contribution < 1.29 is 17.9 Å². The molecule has 28 heavy (non-hydrogen) atoms. The number of halogens is 3. The van der Waals surface area contributed by atoms with E-state index < -0.39 is 26.2 Å². The zero-order chi connectivity index (χ0) is 20.7. The van der Waals surface area contributed by atoms with Gasteiger partial charge >= 0.3 is 0 Å². The van der Waals surface area contributed by atoms with E-state index in [1.165, 1.54) is 25.3 Å². The number of nitrogens with zero attached hydrogens (tertiary/aromatic N) is 1. The topological polar surface area (TPSA) is 79.3 Å². The van der Waals surface area contributed by atoms with Gasteiger partial charge in [-0.3, -0.25) is 4.98 Å². The Hall–Kier alpha value is -0.990. The predicted molar refractivity (Wildman–Crippen MR) is 109 cm³/mol. The summed E-state index contributed by atoms with van der Waals surface area (Å²) in [4.78, 5) is 4.07. The lowest BCUT2D eigenvalue weighted by atomic mass is 9.84. The van der Waals surface area contributed by atoms with E-state index in [-0.39, 0.29) is 28.8 Å². The Kier molecular flexibility index (Phi) is 5.96. The van der Waals surface area contributed by atoms with E-state index in [1.807, 2.05) is 0 Å². The summed E-state index contributed by atoms with van der Waals surface area (Å²) in [6.45, 7) is 3.23. The van der Waals surface area contributed by atoms with Crippen molar-refractivity contribution in [1.29, 1.82) is 0 Å². The van der Waals surface area contributed by atoms with Gasteiger partial charge in [0.1, 0.15) is 10.6 Å². The van der Waals surface area contributed by atoms with Crippen molar-refractivity contribution in [1.82, 2.24) is 9.71 Å². The summed E-state index contributed by atoms with van der Waals surface area (Å²) in [5.41, 5.74) is -0.379. The third-order valence-corrected chi connectivity index (χ3v) is 8.11. The van der Waals surface area contributed by atoms with E-state index in [0.29, 0.717) is 30.7 Å². The fourth-order valence-corrected chi connectivity index (χ4v) is 5.52. The number of allylic oxidation sites excluding steroid dienone is 3. The molecule has 1 atom stereocenters. The Labute approximate surface area is 174 Å². The smallest absolute Gasteiger partial charge is 0.221 e. The van der Waals surface area contributed by atoms with Crippen LogP contribution in [0.5, 0.6) is 0 Å². The highest BCUT2D eigenvalue weighted by atomic mass is 35.5. The van der Waals surface area contributed by atoms with E-state index in [9.17, 15) is 17.9 Å². The molecule has 0 saturated heterocycles. The third-order valence-electron chi connectivity index (χ3n) is 5.46. The monoisotopic (exact) mass is 448 g/mol. The molecule has 0 spiro atoms. The van der Waals surface area contributed by atoms with Gasteiger partial charge in [-0.2, -0.15) is 0 Å². The molecule has 1 heterocycles. The maximum atomic E-state index is 14.9. The highest BCUT2D eigenvalue weighted by Gasteiger charge is 2.42. The van der Waals surface area contributed by atoms with Crippen molar-refractivity contribution >= 4 is 38.8 Å². The second-order valence-electron chi connectivity index (χ2n) is 8.00. The van der Waals surface area contributed by atoms with Crippen LogP contribution in [0, 0.1) is 0 Å². The molecule has 0 bridgehead atoms. The van der Waals surface area contributed by atoms with Crippen LogP contribution in [0.4, 0.5) is 4.39 Å². The number of nitrogens with one attached hydrogen (secondary N) is 1. The van der Waals surface area contributed by atoms with Gasteiger partial charge in [-0.05, 0) is 58.1 Å². The first-order chi connectivity index (χ1) is 12.9. The molecule has 0 radical (unpaired) electrons. The van der Waals surface area contributed by atoms with Gasteiger partial charge < -0.3 is 5.11 Å². The summed E-state index contributed by atoms with van der Waals surface area (Å²) in [5.74, 6) is -0.692. The van der Waals surface area contributed by atoms with Crippen LogP contribution in [0.15, 0.2) is 30.2 Å². The molecule has 0 aromatic carbocycles.